The third-order valence-corrected chi connectivity index (χ3v) is 2.99. The van der Waals surface area contributed by atoms with Crippen molar-refractivity contribution >= 4 is 5.69 Å². The van der Waals surface area contributed by atoms with Crippen LogP contribution in [-0.4, -0.2) is 6.18 Å². The van der Waals surface area contributed by atoms with E-state index < -0.39 is 11.7 Å². The molecule has 1 unspecified atom stereocenters. The molecule has 2 aromatic carbocycles. The molecule has 0 aromatic heterocycles. The quantitative estimate of drug-likeness (QED) is 0.626. The highest BCUT2D eigenvalue weighted by molar-refractivity contribution is 5.47. The number of nitrogens with two attached hydrogens (primary N) is 2. The highest BCUT2D eigenvalue weighted by Gasteiger charge is 2.52. The maximum atomic E-state index is 13.3. The predicted octanol–water partition coefficient (Wildman–Crippen LogP) is 3.04. The van der Waals surface area contributed by atoms with Gasteiger partial charge in [-0.05, 0) is 29.8 Å². The van der Waals surface area contributed by atoms with Crippen molar-refractivity contribution in [1.29, 1.82) is 0 Å². The first-order chi connectivity index (χ1) is 9.83. The van der Waals surface area contributed by atoms with Gasteiger partial charge in [0.15, 0.2) is 5.54 Å². The predicted molar refractivity (Wildman–Crippen MR) is 76.1 cm³/mol. The van der Waals surface area contributed by atoms with Gasteiger partial charge in [0.25, 0.3) is 0 Å². The minimum Gasteiger partial charge on any atom is -0.399 e. The number of hydrogen-bond acceptors (Lipinski definition) is 2. The van der Waals surface area contributed by atoms with Crippen molar-refractivity contribution in [3.8, 4) is 11.8 Å². The molecule has 0 fully saturated rings. The average Bonchev–Trinajstić information content (AvgIpc) is 2.46. The zero-order valence-corrected chi connectivity index (χ0v) is 11.0. The first-order valence-electron chi connectivity index (χ1n) is 6.13. The summed E-state index contributed by atoms with van der Waals surface area (Å²) in [5.74, 6) is 4.62. The van der Waals surface area contributed by atoms with Gasteiger partial charge < -0.3 is 11.5 Å². The van der Waals surface area contributed by atoms with Gasteiger partial charge in [-0.2, -0.15) is 13.2 Å². The zero-order chi connectivity index (χ0) is 15.5. The van der Waals surface area contributed by atoms with Crippen LogP contribution in [0.3, 0.4) is 0 Å². The molecule has 4 N–H and O–H groups in total. The number of hydrogen-bond donors (Lipinski definition) is 2. The second-order valence-corrected chi connectivity index (χ2v) is 4.54. The van der Waals surface area contributed by atoms with Crippen molar-refractivity contribution in [1.82, 2.24) is 0 Å². The Kier molecular flexibility index (Phi) is 3.92. The summed E-state index contributed by atoms with van der Waals surface area (Å²) in [5, 5.41) is 0. The Morgan fingerprint density at radius 1 is 0.857 bits per heavy atom. The lowest BCUT2D eigenvalue weighted by molar-refractivity contribution is -0.171. The van der Waals surface area contributed by atoms with Crippen LogP contribution >= 0.6 is 0 Å². The first-order valence-corrected chi connectivity index (χ1v) is 6.13. The summed E-state index contributed by atoms with van der Waals surface area (Å²) in [4.78, 5) is 0. The van der Waals surface area contributed by atoms with E-state index in [-0.39, 0.29) is 5.56 Å². The van der Waals surface area contributed by atoms with E-state index in [1.807, 2.05) is 0 Å². The second kappa shape index (κ2) is 5.51. The lowest BCUT2D eigenvalue weighted by atomic mass is 9.90. The maximum Gasteiger partial charge on any atom is 0.422 e. The van der Waals surface area contributed by atoms with E-state index in [0.29, 0.717) is 11.3 Å². The van der Waals surface area contributed by atoms with Crippen molar-refractivity contribution in [2.75, 3.05) is 5.73 Å². The van der Waals surface area contributed by atoms with E-state index in [4.69, 9.17) is 11.5 Å². The van der Waals surface area contributed by atoms with E-state index in [1.165, 1.54) is 24.3 Å². The molecule has 0 aliphatic rings. The van der Waals surface area contributed by atoms with Crippen LogP contribution in [0.25, 0.3) is 0 Å². The molecule has 0 radical (unpaired) electrons. The van der Waals surface area contributed by atoms with E-state index in [1.54, 1.807) is 30.3 Å². The summed E-state index contributed by atoms with van der Waals surface area (Å²) in [6, 6.07) is 13.5. The lowest BCUT2D eigenvalue weighted by Gasteiger charge is -2.26. The molecule has 0 amide bonds. The van der Waals surface area contributed by atoms with Crippen LogP contribution in [0.4, 0.5) is 18.9 Å². The Morgan fingerprint density at radius 3 is 1.95 bits per heavy atom. The monoisotopic (exact) mass is 290 g/mol. The van der Waals surface area contributed by atoms with Gasteiger partial charge in [0, 0.05) is 11.3 Å². The fourth-order valence-corrected chi connectivity index (χ4v) is 1.74. The molecule has 21 heavy (non-hydrogen) atoms. The summed E-state index contributed by atoms with van der Waals surface area (Å²) in [7, 11) is 0. The van der Waals surface area contributed by atoms with Crippen LogP contribution in [0.1, 0.15) is 11.1 Å². The van der Waals surface area contributed by atoms with Gasteiger partial charge in [0.05, 0.1) is 0 Å². The summed E-state index contributed by atoms with van der Waals surface area (Å²) in [6.45, 7) is 0. The van der Waals surface area contributed by atoms with Gasteiger partial charge in [-0.1, -0.05) is 42.2 Å². The normalized spacial score (nSPS) is 13.9. The molecule has 2 nitrogen and oxygen atoms in total. The molecule has 1 atom stereocenters. The third-order valence-electron chi connectivity index (χ3n) is 2.99. The Morgan fingerprint density at radius 2 is 1.43 bits per heavy atom. The van der Waals surface area contributed by atoms with Gasteiger partial charge in [-0.15, -0.1) is 0 Å². The first kappa shape index (κ1) is 14.9. The van der Waals surface area contributed by atoms with E-state index >= 15 is 0 Å². The van der Waals surface area contributed by atoms with Crippen molar-refractivity contribution < 1.29 is 13.2 Å². The molecule has 108 valence electrons. The molecule has 2 rings (SSSR count). The topological polar surface area (TPSA) is 52.0 Å². The van der Waals surface area contributed by atoms with E-state index in [9.17, 15) is 13.2 Å². The second-order valence-electron chi connectivity index (χ2n) is 4.54. The highest BCUT2D eigenvalue weighted by Crippen LogP contribution is 2.36. The SMILES string of the molecule is Nc1ccc(C#CC(N)(c2ccccc2)C(F)(F)F)cc1. The third kappa shape index (κ3) is 3.18. The summed E-state index contributed by atoms with van der Waals surface area (Å²) < 4.78 is 39.9. The minimum absolute atomic E-state index is 0.0968. The minimum atomic E-state index is -4.69. The van der Waals surface area contributed by atoms with Gasteiger partial charge >= 0.3 is 6.18 Å². The fraction of sp³-hybridized carbons (Fsp3) is 0.125. The lowest BCUT2D eigenvalue weighted by Crippen LogP contribution is -2.49. The number of halogens is 3. The highest BCUT2D eigenvalue weighted by atomic mass is 19.4. The number of alkyl halides is 3. The van der Waals surface area contributed by atoms with E-state index in [2.05, 4.69) is 11.8 Å². The molecule has 0 aliphatic heterocycles. The molecule has 2 aromatic rings. The van der Waals surface area contributed by atoms with Gasteiger partial charge in [-0.25, -0.2) is 0 Å². The molecule has 0 spiro atoms. The van der Waals surface area contributed by atoms with Gasteiger partial charge in [0.2, 0.25) is 0 Å². The zero-order valence-electron chi connectivity index (χ0n) is 11.0. The molecule has 0 aliphatic carbocycles. The van der Waals surface area contributed by atoms with Crippen LogP contribution in [-0.2, 0) is 5.54 Å². The summed E-state index contributed by atoms with van der Waals surface area (Å²) in [6.07, 6.45) is -4.69. The Bertz CT molecular complexity index is 667. The molecule has 0 bridgehead atoms. The van der Waals surface area contributed by atoms with Crippen molar-refractivity contribution in [3.63, 3.8) is 0 Å². The van der Waals surface area contributed by atoms with Crippen LogP contribution in [0.2, 0.25) is 0 Å². The summed E-state index contributed by atoms with van der Waals surface area (Å²) in [5.41, 5.74) is 9.19. The van der Waals surface area contributed by atoms with Crippen LogP contribution < -0.4 is 11.5 Å². The number of anilines is 1. The van der Waals surface area contributed by atoms with Crippen LogP contribution in [0.15, 0.2) is 54.6 Å². The molecular formula is C16H13F3N2. The average molecular weight is 290 g/mol. The molecule has 5 heteroatoms. The van der Waals surface area contributed by atoms with Crippen molar-refractivity contribution in [2.24, 2.45) is 5.73 Å². The largest absolute Gasteiger partial charge is 0.422 e. The van der Waals surface area contributed by atoms with Crippen LogP contribution in [0.5, 0.6) is 0 Å². The Balaban J connectivity index is 2.46. The summed E-state index contributed by atoms with van der Waals surface area (Å²) >= 11 is 0. The molecular weight excluding hydrogens is 277 g/mol. The Labute approximate surface area is 120 Å². The standard InChI is InChI=1S/C16H13F3N2/c17-16(18,19)15(21,13-4-2-1-3-5-13)11-10-12-6-8-14(20)9-7-12/h1-9H,20-21H2. The number of nitrogen functional groups attached to an aromatic ring is 1. The van der Waals surface area contributed by atoms with Gasteiger partial charge in [-0.3, -0.25) is 0 Å². The number of benzene rings is 2. The van der Waals surface area contributed by atoms with Gasteiger partial charge in [0.1, 0.15) is 0 Å². The fourth-order valence-electron chi connectivity index (χ4n) is 1.74. The number of rotatable bonds is 1. The molecule has 0 saturated heterocycles. The molecule has 0 saturated carbocycles. The smallest absolute Gasteiger partial charge is 0.399 e. The molecule has 0 heterocycles. The van der Waals surface area contributed by atoms with Crippen molar-refractivity contribution in [3.05, 3.63) is 65.7 Å². The maximum absolute atomic E-state index is 13.3. The van der Waals surface area contributed by atoms with Crippen molar-refractivity contribution in [2.45, 2.75) is 11.7 Å². The van der Waals surface area contributed by atoms with E-state index in [0.717, 1.165) is 0 Å². The van der Waals surface area contributed by atoms with Crippen LogP contribution in [0, 0.1) is 11.8 Å². The Hall–Kier alpha value is -2.45.